The van der Waals surface area contributed by atoms with Gasteiger partial charge in [0.1, 0.15) is 5.82 Å². The molecule has 0 amide bonds. The predicted octanol–water partition coefficient (Wildman–Crippen LogP) is 3.99. The van der Waals surface area contributed by atoms with E-state index in [1.54, 1.807) is 7.11 Å². The second-order valence-corrected chi connectivity index (χ2v) is 5.00. The van der Waals surface area contributed by atoms with Crippen LogP contribution in [0.5, 0.6) is 0 Å². The van der Waals surface area contributed by atoms with E-state index in [9.17, 15) is 0 Å². The molecule has 21 heavy (non-hydrogen) atoms. The molecule has 0 saturated carbocycles. The van der Waals surface area contributed by atoms with Gasteiger partial charge in [0.25, 0.3) is 0 Å². The molecule has 2 aromatic carbocycles. The summed E-state index contributed by atoms with van der Waals surface area (Å²) in [7, 11) is 1.71. The summed E-state index contributed by atoms with van der Waals surface area (Å²) in [5.41, 5.74) is 3.42. The first-order valence-electron chi connectivity index (χ1n) is 7.01. The molecule has 0 bridgehead atoms. The fourth-order valence-corrected chi connectivity index (χ4v) is 2.35. The molecule has 0 aliphatic carbocycles. The lowest BCUT2D eigenvalue weighted by atomic mass is 10.1. The van der Waals surface area contributed by atoms with Crippen LogP contribution < -0.4 is 5.32 Å². The maximum Gasteiger partial charge on any atom is 0.126 e. The van der Waals surface area contributed by atoms with Crippen LogP contribution in [0.4, 0.5) is 5.82 Å². The van der Waals surface area contributed by atoms with E-state index in [2.05, 4.69) is 46.7 Å². The first-order chi connectivity index (χ1) is 10.3. The van der Waals surface area contributed by atoms with Crippen molar-refractivity contribution in [3.63, 3.8) is 0 Å². The van der Waals surface area contributed by atoms with Crippen LogP contribution >= 0.6 is 0 Å². The molecule has 0 atom stereocenters. The molecular formula is C18H18N2O. The molecule has 3 aromatic rings. The van der Waals surface area contributed by atoms with Gasteiger partial charge >= 0.3 is 0 Å². The van der Waals surface area contributed by atoms with E-state index >= 15 is 0 Å². The van der Waals surface area contributed by atoms with Gasteiger partial charge in [-0.05, 0) is 29.3 Å². The molecule has 3 nitrogen and oxygen atoms in total. The first-order valence-corrected chi connectivity index (χ1v) is 7.01. The fourth-order valence-electron chi connectivity index (χ4n) is 2.35. The first kappa shape index (κ1) is 13.6. The van der Waals surface area contributed by atoms with Crippen molar-refractivity contribution in [2.45, 2.75) is 13.2 Å². The maximum atomic E-state index is 5.16. The molecular weight excluding hydrogens is 260 g/mol. The molecule has 0 saturated heterocycles. The number of nitrogens with zero attached hydrogens (tertiary/aromatic N) is 1. The zero-order valence-corrected chi connectivity index (χ0v) is 12.0. The minimum absolute atomic E-state index is 0.641. The predicted molar refractivity (Wildman–Crippen MR) is 86.2 cm³/mol. The van der Waals surface area contributed by atoms with E-state index in [1.165, 1.54) is 11.1 Å². The summed E-state index contributed by atoms with van der Waals surface area (Å²) in [5.74, 6) is 0.894. The smallest absolute Gasteiger partial charge is 0.126 e. The number of nitrogens with one attached hydrogen (secondary N) is 1. The Kier molecular flexibility index (Phi) is 4.12. The Hall–Kier alpha value is -2.39. The average molecular weight is 278 g/mol. The van der Waals surface area contributed by atoms with Crippen molar-refractivity contribution in [3.8, 4) is 0 Å². The van der Waals surface area contributed by atoms with Crippen LogP contribution in [0.25, 0.3) is 10.9 Å². The number of pyridine rings is 1. The highest BCUT2D eigenvalue weighted by molar-refractivity contribution is 5.80. The van der Waals surface area contributed by atoms with Gasteiger partial charge in [-0.3, -0.25) is 0 Å². The number of hydrogen-bond donors (Lipinski definition) is 1. The van der Waals surface area contributed by atoms with Crippen molar-refractivity contribution in [3.05, 3.63) is 71.8 Å². The summed E-state index contributed by atoms with van der Waals surface area (Å²) >= 11 is 0. The van der Waals surface area contributed by atoms with Gasteiger partial charge in [-0.1, -0.05) is 42.5 Å². The number of ether oxygens (including phenoxy) is 1. The highest BCUT2D eigenvalue weighted by atomic mass is 16.5. The lowest BCUT2D eigenvalue weighted by Gasteiger charge is -2.08. The molecule has 1 N–H and O–H groups in total. The van der Waals surface area contributed by atoms with Gasteiger partial charge in [-0.25, -0.2) is 4.98 Å². The van der Waals surface area contributed by atoms with Crippen LogP contribution in [0.15, 0.2) is 60.7 Å². The number of benzene rings is 2. The van der Waals surface area contributed by atoms with Gasteiger partial charge in [0.05, 0.1) is 12.1 Å². The van der Waals surface area contributed by atoms with Crippen LogP contribution in [0, 0.1) is 0 Å². The SMILES string of the molecule is COCc1cccc(CNc2ccc3ccccc3n2)c1. The number of hydrogen-bond acceptors (Lipinski definition) is 3. The van der Waals surface area contributed by atoms with Gasteiger partial charge in [0.2, 0.25) is 0 Å². The molecule has 0 radical (unpaired) electrons. The lowest BCUT2D eigenvalue weighted by Crippen LogP contribution is -2.02. The number of aromatic nitrogens is 1. The van der Waals surface area contributed by atoms with Gasteiger partial charge in [0, 0.05) is 19.0 Å². The number of rotatable bonds is 5. The Bertz CT molecular complexity index is 740. The maximum absolute atomic E-state index is 5.16. The quantitative estimate of drug-likeness (QED) is 0.766. The molecule has 0 spiro atoms. The molecule has 3 heteroatoms. The lowest BCUT2D eigenvalue weighted by molar-refractivity contribution is 0.185. The van der Waals surface area contributed by atoms with Crippen molar-refractivity contribution >= 4 is 16.7 Å². The molecule has 0 fully saturated rings. The fraction of sp³-hybridized carbons (Fsp3) is 0.167. The molecule has 106 valence electrons. The summed E-state index contributed by atoms with van der Waals surface area (Å²) in [6.07, 6.45) is 0. The summed E-state index contributed by atoms with van der Waals surface area (Å²) in [5, 5.41) is 4.53. The number of fused-ring (bicyclic) bond motifs is 1. The Labute approximate surface area is 124 Å². The zero-order chi connectivity index (χ0) is 14.5. The van der Waals surface area contributed by atoms with E-state index in [0.29, 0.717) is 6.61 Å². The van der Waals surface area contributed by atoms with Gasteiger partial charge in [0.15, 0.2) is 0 Å². The number of para-hydroxylation sites is 1. The monoisotopic (exact) mass is 278 g/mol. The van der Waals surface area contributed by atoms with Crippen LogP contribution in [0.2, 0.25) is 0 Å². The average Bonchev–Trinajstić information content (AvgIpc) is 2.53. The highest BCUT2D eigenvalue weighted by Crippen LogP contribution is 2.15. The van der Waals surface area contributed by atoms with E-state index < -0.39 is 0 Å². The molecule has 0 aliphatic heterocycles. The second-order valence-electron chi connectivity index (χ2n) is 5.00. The number of anilines is 1. The van der Waals surface area contributed by atoms with E-state index in [0.717, 1.165) is 23.3 Å². The van der Waals surface area contributed by atoms with Crippen LogP contribution in [0.1, 0.15) is 11.1 Å². The van der Waals surface area contributed by atoms with Gasteiger partial charge in [-0.2, -0.15) is 0 Å². The molecule has 1 aromatic heterocycles. The zero-order valence-electron chi connectivity index (χ0n) is 12.0. The summed E-state index contributed by atoms with van der Waals surface area (Å²) < 4.78 is 5.16. The van der Waals surface area contributed by atoms with Crippen LogP contribution in [-0.2, 0) is 17.9 Å². The van der Waals surface area contributed by atoms with E-state index in [-0.39, 0.29) is 0 Å². The van der Waals surface area contributed by atoms with E-state index in [1.807, 2.05) is 24.3 Å². The molecule has 0 aliphatic rings. The standard InChI is InChI=1S/C18H18N2O/c1-21-13-15-6-4-5-14(11-15)12-19-18-10-9-16-7-2-3-8-17(16)20-18/h2-11H,12-13H2,1H3,(H,19,20). The highest BCUT2D eigenvalue weighted by Gasteiger charge is 1.99. The third kappa shape index (κ3) is 3.38. The van der Waals surface area contributed by atoms with Gasteiger partial charge < -0.3 is 10.1 Å². The largest absolute Gasteiger partial charge is 0.380 e. The third-order valence-electron chi connectivity index (χ3n) is 3.37. The minimum atomic E-state index is 0.641. The summed E-state index contributed by atoms with van der Waals surface area (Å²) in [6.45, 7) is 1.39. The normalized spacial score (nSPS) is 10.7. The summed E-state index contributed by atoms with van der Waals surface area (Å²) in [6, 6.07) is 20.6. The Balaban J connectivity index is 1.72. The topological polar surface area (TPSA) is 34.1 Å². The van der Waals surface area contributed by atoms with Crippen LogP contribution in [-0.4, -0.2) is 12.1 Å². The van der Waals surface area contributed by atoms with Crippen molar-refractivity contribution in [2.75, 3.05) is 12.4 Å². The Morgan fingerprint density at radius 1 is 0.952 bits per heavy atom. The Morgan fingerprint density at radius 3 is 2.71 bits per heavy atom. The Morgan fingerprint density at radius 2 is 1.81 bits per heavy atom. The number of methoxy groups -OCH3 is 1. The van der Waals surface area contributed by atoms with Crippen molar-refractivity contribution in [2.24, 2.45) is 0 Å². The van der Waals surface area contributed by atoms with Crippen molar-refractivity contribution in [1.82, 2.24) is 4.98 Å². The summed E-state index contributed by atoms with van der Waals surface area (Å²) in [4.78, 5) is 4.61. The molecule has 1 heterocycles. The van der Waals surface area contributed by atoms with Crippen molar-refractivity contribution < 1.29 is 4.74 Å². The molecule has 0 unspecified atom stereocenters. The molecule has 3 rings (SSSR count). The van der Waals surface area contributed by atoms with Gasteiger partial charge in [-0.15, -0.1) is 0 Å². The van der Waals surface area contributed by atoms with Crippen molar-refractivity contribution in [1.29, 1.82) is 0 Å². The van der Waals surface area contributed by atoms with Crippen LogP contribution in [0.3, 0.4) is 0 Å². The minimum Gasteiger partial charge on any atom is -0.380 e. The van der Waals surface area contributed by atoms with E-state index in [4.69, 9.17) is 4.74 Å². The second kappa shape index (κ2) is 6.37. The third-order valence-corrected chi connectivity index (χ3v) is 3.37.